The van der Waals surface area contributed by atoms with Gasteiger partial charge in [0.15, 0.2) is 16.9 Å². The first kappa shape index (κ1) is 25.8. The molecule has 0 unspecified atom stereocenters. The zero-order valence-corrected chi connectivity index (χ0v) is 23.2. The van der Waals surface area contributed by atoms with E-state index in [9.17, 15) is 9.59 Å². The minimum absolute atomic E-state index is 0.229. The summed E-state index contributed by atoms with van der Waals surface area (Å²) in [7, 11) is 0. The van der Waals surface area contributed by atoms with E-state index in [0.717, 1.165) is 11.1 Å². The molecule has 0 saturated carbocycles. The smallest absolute Gasteiger partial charge is 0.263 e. The number of nitrogens with one attached hydrogen (secondary N) is 2. The molecule has 2 N–H and O–H groups in total. The average Bonchev–Trinajstić information content (AvgIpc) is 3.02. The van der Waals surface area contributed by atoms with Gasteiger partial charge in [0.1, 0.15) is 36.4 Å². The molecule has 4 heterocycles. The van der Waals surface area contributed by atoms with E-state index in [2.05, 4.69) is 20.3 Å². The van der Waals surface area contributed by atoms with Gasteiger partial charge < -0.3 is 19.8 Å². The first-order valence-electron chi connectivity index (χ1n) is 13.4. The van der Waals surface area contributed by atoms with Crippen LogP contribution in [-0.4, -0.2) is 32.7 Å². The van der Waals surface area contributed by atoms with E-state index in [1.807, 2.05) is 73.7 Å². The van der Waals surface area contributed by atoms with Crippen LogP contribution in [0.25, 0.3) is 38.6 Å². The lowest BCUT2D eigenvalue weighted by Crippen LogP contribution is -2.27. The van der Waals surface area contributed by atoms with E-state index < -0.39 is 6.04 Å². The van der Waals surface area contributed by atoms with Gasteiger partial charge in [0, 0.05) is 23.3 Å². The molecule has 208 valence electrons. The van der Waals surface area contributed by atoms with Crippen LogP contribution in [-0.2, 0) is 0 Å². The zero-order valence-electron chi connectivity index (χ0n) is 22.4. The number of pyridine rings is 2. The highest BCUT2D eigenvalue weighted by Crippen LogP contribution is 2.39. The Labute approximate surface area is 244 Å². The van der Waals surface area contributed by atoms with Gasteiger partial charge >= 0.3 is 0 Å². The van der Waals surface area contributed by atoms with Crippen LogP contribution >= 0.6 is 11.6 Å². The molecule has 42 heavy (non-hydrogen) atoms. The van der Waals surface area contributed by atoms with Gasteiger partial charge in [-0.2, -0.15) is 0 Å². The number of aromatic nitrogens is 4. The molecule has 0 spiro atoms. The van der Waals surface area contributed by atoms with Gasteiger partial charge in [-0.3, -0.25) is 14.2 Å². The van der Waals surface area contributed by atoms with Crippen molar-refractivity contribution in [2.75, 3.05) is 18.5 Å². The third kappa shape index (κ3) is 4.26. The standard InChI is InChI=1S/C32H24ClN5O4/c1-18(37-31-27-23(39)12-13-34-30(27)35-17-36-31)29-28(33)22-9-5-8-21(19-10-11-24-25(16-19)42-15-14-41-24)26(22)32(40)38(29)20-6-3-2-4-7-20/h2-13,16-18H,14-15H2,1H3,(H2,34,35,36,37,39)/t18-/m0/s1. The molecule has 0 amide bonds. The Morgan fingerprint density at radius 2 is 1.74 bits per heavy atom. The Hall–Kier alpha value is -5.15. The summed E-state index contributed by atoms with van der Waals surface area (Å²) in [5.74, 6) is 1.64. The van der Waals surface area contributed by atoms with Gasteiger partial charge in [-0.05, 0) is 42.3 Å². The van der Waals surface area contributed by atoms with E-state index in [4.69, 9.17) is 21.1 Å². The van der Waals surface area contributed by atoms with Crippen molar-refractivity contribution in [3.8, 4) is 28.3 Å². The van der Waals surface area contributed by atoms with Crippen LogP contribution in [0.1, 0.15) is 18.7 Å². The van der Waals surface area contributed by atoms with Crippen LogP contribution in [0, 0.1) is 0 Å². The summed E-state index contributed by atoms with van der Waals surface area (Å²) in [6.45, 7) is 2.83. The maximum atomic E-state index is 14.5. The quantitative estimate of drug-likeness (QED) is 0.263. The first-order chi connectivity index (χ1) is 20.5. The van der Waals surface area contributed by atoms with Crippen molar-refractivity contribution in [2.45, 2.75) is 13.0 Å². The van der Waals surface area contributed by atoms with Crippen molar-refractivity contribution >= 4 is 39.2 Å². The minimum Gasteiger partial charge on any atom is -0.486 e. The SMILES string of the molecule is C[C@H](Nc1ncnc2[nH]ccc(=O)c12)c1c(Cl)c2cccc(-c3ccc4c(c3)OCCO4)c2c(=O)n1-c1ccccc1. The fourth-order valence-electron chi connectivity index (χ4n) is 5.48. The molecule has 0 radical (unpaired) electrons. The van der Waals surface area contributed by atoms with Crippen LogP contribution in [0.15, 0.2) is 94.9 Å². The van der Waals surface area contributed by atoms with Crippen LogP contribution in [0.2, 0.25) is 5.02 Å². The Bertz CT molecular complexity index is 2100. The van der Waals surface area contributed by atoms with Gasteiger partial charge in [-0.1, -0.05) is 54.1 Å². The number of ether oxygens (including phenoxy) is 2. The number of hydrogen-bond donors (Lipinski definition) is 2. The fraction of sp³-hybridized carbons (Fsp3) is 0.125. The highest BCUT2D eigenvalue weighted by atomic mass is 35.5. The van der Waals surface area contributed by atoms with Crippen molar-refractivity contribution in [1.29, 1.82) is 0 Å². The predicted molar refractivity (Wildman–Crippen MR) is 163 cm³/mol. The molecule has 0 saturated heterocycles. The molecule has 0 fully saturated rings. The fourth-order valence-corrected chi connectivity index (χ4v) is 5.89. The molecule has 1 atom stereocenters. The maximum Gasteiger partial charge on any atom is 0.263 e. The minimum atomic E-state index is -0.537. The number of halogens is 1. The first-order valence-corrected chi connectivity index (χ1v) is 13.8. The number of hydrogen-bond acceptors (Lipinski definition) is 7. The molecule has 3 aromatic carbocycles. The maximum absolute atomic E-state index is 14.5. The van der Waals surface area contributed by atoms with Crippen molar-refractivity contribution in [3.63, 3.8) is 0 Å². The predicted octanol–water partition coefficient (Wildman–Crippen LogP) is 5.89. The number of fused-ring (bicyclic) bond motifs is 3. The molecule has 0 aliphatic carbocycles. The Balaban J connectivity index is 1.46. The van der Waals surface area contributed by atoms with Gasteiger partial charge in [-0.15, -0.1) is 0 Å². The van der Waals surface area contributed by atoms with Crippen LogP contribution in [0.5, 0.6) is 11.5 Å². The molecule has 1 aliphatic heterocycles. The highest BCUT2D eigenvalue weighted by molar-refractivity contribution is 6.36. The molecule has 7 rings (SSSR count). The van der Waals surface area contributed by atoms with Crippen molar-refractivity contribution < 1.29 is 9.47 Å². The molecular weight excluding hydrogens is 554 g/mol. The Morgan fingerprint density at radius 3 is 2.57 bits per heavy atom. The molecule has 0 bridgehead atoms. The number of aromatic amines is 1. The number of anilines is 1. The van der Waals surface area contributed by atoms with Gasteiger partial charge in [0.25, 0.3) is 5.56 Å². The summed E-state index contributed by atoms with van der Waals surface area (Å²) in [6.07, 6.45) is 2.91. The lowest BCUT2D eigenvalue weighted by atomic mass is 9.97. The molecule has 10 heteroatoms. The normalized spacial score (nSPS) is 13.3. The number of benzene rings is 3. The topological polar surface area (TPSA) is 111 Å². The van der Waals surface area contributed by atoms with Crippen LogP contribution < -0.4 is 25.8 Å². The van der Waals surface area contributed by atoms with E-state index in [0.29, 0.717) is 68.7 Å². The number of rotatable bonds is 5. The summed E-state index contributed by atoms with van der Waals surface area (Å²) in [4.78, 5) is 38.8. The molecule has 9 nitrogen and oxygen atoms in total. The molecular formula is C32H24ClN5O4. The highest BCUT2D eigenvalue weighted by Gasteiger charge is 2.25. The van der Waals surface area contributed by atoms with E-state index in [1.54, 1.807) is 4.57 Å². The lowest BCUT2D eigenvalue weighted by Gasteiger charge is -2.24. The van der Waals surface area contributed by atoms with Crippen LogP contribution in [0.3, 0.4) is 0 Å². The number of H-pyrrole nitrogens is 1. The third-order valence-corrected chi connectivity index (χ3v) is 7.76. The van der Waals surface area contributed by atoms with E-state index >= 15 is 0 Å². The number of nitrogens with zero attached hydrogens (tertiary/aromatic N) is 3. The lowest BCUT2D eigenvalue weighted by molar-refractivity contribution is 0.171. The second-order valence-electron chi connectivity index (χ2n) is 9.92. The van der Waals surface area contributed by atoms with E-state index in [-0.39, 0.29) is 11.0 Å². The van der Waals surface area contributed by atoms with Crippen molar-refractivity contribution in [3.05, 3.63) is 117 Å². The van der Waals surface area contributed by atoms with Crippen LogP contribution in [0.4, 0.5) is 5.82 Å². The van der Waals surface area contributed by atoms with Crippen molar-refractivity contribution in [2.24, 2.45) is 0 Å². The summed E-state index contributed by atoms with van der Waals surface area (Å²) < 4.78 is 13.1. The number of para-hydroxylation sites is 1. The third-order valence-electron chi connectivity index (χ3n) is 7.36. The monoisotopic (exact) mass is 577 g/mol. The zero-order chi connectivity index (χ0) is 28.8. The Morgan fingerprint density at radius 1 is 0.929 bits per heavy atom. The second kappa shape index (κ2) is 10.4. The van der Waals surface area contributed by atoms with Crippen molar-refractivity contribution in [1.82, 2.24) is 19.5 Å². The van der Waals surface area contributed by atoms with E-state index in [1.165, 1.54) is 18.6 Å². The summed E-state index contributed by atoms with van der Waals surface area (Å²) in [5, 5.41) is 5.12. The Kier molecular flexibility index (Phi) is 6.36. The summed E-state index contributed by atoms with van der Waals surface area (Å²) >= 11 is 7.21. The molecule has 1 aliphatic rings. The molecule has 6 aromatic rings. The summed E-state index contributed by atoms with van der Waals surface area (Å²) in [5.41, 5.74) is 2.65. The second-order valence-corrected chi connectivity index (χ2v) is 10.3. The average molecular weight is 578 g/mol. The van der Waals surface area contributed by atoms with Gasteiger partial charge in [0.2, 0.25) is 0 Å². The molecule has 3 aromatic heterocycles. The van der Waals surface area contributed by atoms with Gasteiger partial charge in [-0.25, -0.2) is 9.97 Å². The van der Waals surface area contributed by atoms with Gasteiger partial charge in [0.05, 0.1) is 22.1 Å². The summed E-state index contributed by atoms with van der Waals surface area (Å²) in [6, 6.07) is 21.5. The largest absolute Gasteiger partial charge is 0.486 e.